The number of methoxy groups -OCH3 is 2. The van der Waals surface area contributed by atoms with Crippen LogP contribution in [0.15, 0.2) is 30.6 Å². The van der Waals surface area contributed by atoms with Crippen LogP contribution in [-0.2, 0) is 4.74 Å². The molecule has 0 saturated heterocycles. The minimum Gasteiger partial charge on any atom is -0.495 e. The van der Waals surface area contributed by atoms with Crippen molar-refractivity contribution in [3.05, 3.63) is 40.7 Å². The lowest BCUT2D eigenvalue weighted by molar-refractivity contribution is -0.383. The van der Waals surface area contributed by atoms with E-state index in [9.17, 15) is 10.1 Å². The molecule has 0 aliphatic rings. The molecule has 0 aliphatic carbocycles. The molecule has 9 nitrogen and oxygen atoms in total. The SMILES string of the molecule is COCC(C)Nc1ncnc(Nc2ccccc2OC)c1[N+](=O)[O-]. The van der Waals surface area contributed by atoms with Gasteiger partial charge >= 0.3 is 5.69 Å². The number of anilines is 3. The molecule has 128 valence electrons. The predicted octanol–water partition coefficient (Wildman–Crippen LogP) is 2.58. The lowest BCUT2D eigenvalue weighted by Crippen LogP contribution is -2.22. The Balaban J connectivity index is 2.37. The molecule has 1 atom stereocenters. The van der Waals surface area contributed by atoms with Crippen LogP contribution in [0.3, 0.4) is 0 Å². The molecule has 0 fully saturated rings. The van der Waals surface area contributed by atoms with Crippen molar-refractivity contribution in [2.45, 2.75) is 13.0 Å². The Hall–Kier alpha value is -2.94. The van der Waals surface area contributed by atoms with E-state index >= 15 is 0 Å². The number of ether oxygens (including phenoxy) is 2. The summed E-state index contributed by atoms with van der Waals surface area (Å²) >= 11 is 0. The van der Waals surface area contributed by atoms with E-state index in [4.69, 9.17) is 9.47 Å². The fraction of sp³-hybridized carbons (Fsp3) is 0.333. The van der Waals surface area contributed by atoms with Gasteiger partial charge in [0.05, 0.1) is 24.3 Å². The molecule has 1 aromatic carbocycles. The van der Waals surface area contributed by atoms with E-state index < -0.39 is 4.92 Å². The Bertz CT molecular complexity index is 710. The van der Waals surface area contributed by atoms with Gasteiger partial charge in [0.2, 0.25) is 11.6 Å². The van der Waals surface area contributed by atoms with Gasteiger partial charge in [-0.25, -0.2) is 9.97 Å². The lowest BCUT2D eigenvalue weighted by atomic mass is 10.3. The summed E-state index contributed by atoms with van der Waals surface area (Å²) in [4.78, 5) is 19.0. The van der Waals surface area contributed by atoms with Gasteiger partial charge in [0, 0.05) is 13.2 Å². The van der Waals surface area contributed by atoms with Gasteiger partial charge < -0.3 is 20.1 Å². The zero-order valence-corrected chi connectivity index (χ0v) is 13.6. The Morgan fingerprint density at radius 1 is 1.25 bits per heavy atom. The summed E-state index contributed by atoms with van der Waals surface area (Å²) in [7, 11) is 3.08. The molecular formula is C15H19N5O4. The van der Waals surface area contributed by atoms with Crippen molar-refractivity contribution in [2.75, 3.05) is 31.5 Å². The summed E-state index contributed by atoms with van der Waals surface area (Å²) < 4.78 is 10.3. The number of rotatable bonds is 8. The Morgan fingerprint density at radius 2 is 1.96 bits per heavy atom. The van der Waals surface area contributed by atoms with E-state index in [-0.39, 0.29) is 23.4 Å². The Labute approximate surface area is 139 Å². The zero-order chi connectivity index (χ0) is 17.5. The van der Waals surface area contributed by atoms with Gasteiger partial charge in [0.25, 0.3) is 0 Å². The largest absolute Gasteiger partial charge is 0.495 e. The van der Waals surface area contributed by atoms with Gasteiger partial charge in [-0.15, -0.1) is 0 Å². The first-order valence-electron chi connectivity index (χ1n) is 7.21. The van der Waals surface area contributed by atoms with Gasteiger partial charge in [-0.05, 0) is 19.1 Å². The van der Waals surface area contributed by atoms with E-state index in [1.807, 2.05) is 6.92 Å². The molecule has 9 heteroatoms. The van der Waals surface area contributed by atoms with Gasteiger partial charge in [-0.2, -0.15) is 0 Å². The summed E-state index contributed by atoms with van der Waals surface area (Å²) in [5, 5.41) is 17.4. The van der Waals surface area contributed by atoms with Crippen LogP contribution in [0.2, 0.25) is 0 Å². The number of para-hydroxylation sites is 2. The maximum atomic E-state index is 11.5. The number of hydrogen-bond acceptors (Lipinski definition) is 8. The molecule has 2 N–H and O–H groups in total. The average Bonchev–Trinajstić information content (AvgIpc) is 2.55. The highest BCUT2D eigenvalue weighted by Crippen LogP contribution is 2.34. The number of benzene rings is 1. The molecular weight excluding hydrogens is 314 g/mol. The summed E-state index contributed by atoms with van der Waals surface area (Å²) in [5.74, 6) is 0.747. The zero-order valence-electron chi connectivity index (χ0n) is 13.6. The first kappa shape index (κ1) is 17.4. The lowest BCUT2D eigenvalue weighted by Gasteiger charge is -2.15. The quantitative estimate of drug-likeness (QED) is 0.560. The highest BCUT2D eigenvalue weighted by Gasteiger charge is 2.24. The molecule has 0 amide bonds. The van der Waals surface area contributed by atoms with Crippen molar-refractivity contribution in [3.8, 4) is 5.75 Å². The van der Waals surface area contributed by atoms with Gasteiger partial charge in [-0.3, -0.25) is 10.1 Å². The first-order valence-corrected chi connectivity index (χ1v) is 7.21. The minimum atomic E-state index is -0.528. The van der Waals surface area contributed by atoms with E-state index in [2.05, 4.69) is 20.6 Å². The summed E-state index contributed by atoms with van der Waals surface area (Å²) in [6.45, 7) is 2.22. The monoisotopic (exact) mass is 333 g/mol. The summed E-state index contributed by atoms with van der Waals surface area (Å²) in [5.41, 5.74) is 0.323. The van der Waals surface area contributed by atoms with E-state index in [1.54, 1.807) is 31.4 Å². The second-order valence-electron chi connectivity index (χ2n) is 5.00. The van der Waals surface area contributed by atoms with Crippen molar-refractivity contribution in [2.24, 2.45) is 0 Å². The molecule has 1 unspecified atom stereocenters. The number of nitrogens with zero attached hydrogens (tertiary/aromatic N) is 3. The average molecular weight is 333 g/mol. The maximum absolute atomic E-state index is 11.5. The summed E-state index contributed by atoms with van der Waals surface area (Å²) in [6, 6.07) is 6.93. The normalized spacial score (nSPS) is 11.6. The second kappa shape index (κ2) is 8.06. The van der Waals surface area contributed by atoms with Crippen LogP contribution in [0, 0.1) is 10.1 Å². The Kier molecular flexibility index (Phi) is 5.85. The number of hydrogen-bond donors (Lipinski definition) is 2. The molecule has 0 spiro atoms. The summed E-state index contributed by atoms with van der Waals surface area (Å²) in [6.07, 6.45) is 1.26. The van der Waals surface area contributed by atoms with Crippen LogP contribution in [0.25, 0.3) is 0 Å². The third kappa shape index (κ3) is 4.07. The standard InChI is InChI=1S/C15H19N5O4/c1-10(8-23-2)18-14-13(20(21)22)15(17-9-16-14)19-11-6-4-5-7-12(11)24-3/h4-7,9-10H,8H2,1-3H3,(H2,16,17,18,19). The van der Waals surface area contributed by atoms with Crippen LogP contribution in [0.4, 0.5) is 23.0 Å². The van der Waals surface area contributed by atoms with E-state index in [0.29, 0.717) is 18.0 Å². The first-order chi connectivity index (χ1) is 11.6. The maximum Gasteiger partial charge on any atom is 0.353 e. The number of aromatic nitrogens is 2. The highest BCUT2D eigenvalue weighted by molar-refractivity contribution is 5.75. The predicted molar refractivity (Wildman–Crippen MR) is 89.9 cm³/mol. The topological polar surface area (TPSA) is 111 Å². The van der Waals surface area contributed by atoms with Gasteiger partial charge in [0.15, 0.2) is 0 Å². The molecule has 0 saturated carbocycles. The molecule has 2 rings (SSSR count). The molecule has 2 aromatic rings. The third-order valence-corrected chi connectivity index (χ3v) is 3.16. The van der Waals surface area contributed by atoms with Crippen molar-refractivity contribution < 1.29 is 14.4 Å². The van der Waals surface area contributed by atoms with E-state index in [1.165, 1.54) is 13.4 Å². The van der Waals surface area contributed by atoms with Gasteiger partial charge in [0.1, 0.15) is 12.1 Å². The van der Waals surface area contributed by atoms with Crippen molar-refractivity contribution in [1.82, 2.24) is 9.97 Å². The van der Waals surface area contributed by atoms with Crippen molar-refractivity contribution in [3.63, 3.8) is 0 Å². The molecule has 1 aromatic heterocycles. The second-order valence-corrected chi connectivity index (χ2v) is 5.00. The van der Waals surface area contributed by atoms with Crippen molar-refractivity contribution >= 4 is 23.0 Å². The minimum absolute atomic E-state index is 0.0756. The third-order valence-electron chi connectivity index (χ3n) is 3.16. The van der Waals surface area contributed by atoms with Crippen LogP contribution in [0.1, 0.15) is 6.92 Å². The van der Waals surface area contributed by atoms with Crippen LogP contribution >= 0.6 is 0 Å². The smallest absolute Gasteiger partial charge is 0.353 e. The van der Waals surface area contributed by atoms with Gasteiger partial charge in [-0.1, -0.05) is 12.1 Å². The Morgan fingerprint density at radius 3 is 2.62 bits per heavy atom. The van der Waals surface area contributed by atoms with Crippen LogP contribution in [0.5, 0.6) is 5.75 Å². The fourth-order valence-electron chi connectivity index (χ4n) is 2.15. The van der Waals surface area contributed by atoms with Crippen LogP contribution in [-0.4, -0.2) is 41.8 Å². The molecule has 1 heterocycles. The molecule has 0 bridgehead atoms. The van der Waals surface area contributed by atoms with E-state index in [0.717, 1.165) is 0 Å². The molecule has 0 aliphatic heterocycles. The number of nitrogens with one attached hydrogen (secondary N) is 2. The number of nitro groups is 1. The van der Waals surface area contributed by atoms with Crippen molar-refractivity contribution in [1.29, 1.82) is 0 Å². The molecule has 24 heavy (non-hydrogen) atoms. The molecule has 0 radical (unpaired) electrons. The fourth-order valence-corrected chi connectivity index (χ4v) is 2.15. The van der Waals surface area contributed by atoms with Crippen LogP contribution < -0.4 is 15.4 Å². The highest BCUT2D eigenvalue weighted by atomic mass is 16.6.